The van der Waals surface area contributed by atoms with Gasteiger partial charge in [-0.1, -0.05) is 10.3 Å². The number of hydrogen-bond acceptors (Lipinski definition) is 4. The van der Waals surface area contributed by atoms with Crippen LogP contribution < -0.4 is 5.32 Å². The Labute approximate surface area is 70.4 Å². The third kappa shape index (κ3) is 1.40. The van der Waals surface area contributed by atoms with Crippen molar-refractivity contribution in [3.63, 3.8) is 0 Å². The van der Waals surface area contributed by atoms with Crippen LogP contribution in [0.1, 0.15) is 18.9 Å². The zero-order valence-electron chi connectivity index (χ0n) is 6.77. The molecule has 2 N–H and O–H groups in total. The molecular weight excluding hydrogens is 156 g/mol. The van der Waals surface area contributed by atoms with E-state index in [1.165, 1.54) is 0 Å². The summed E-state index contributed by atoms with van der Waals surface area (Å²) in [7, 11) is 0. The minimum Gasteiger partial charge on any atom is -0.491 e. The lowest BCUT2D eigenvalue weighted by molar-refractivity contribution is 0.337. The maximum atomic E-state index is 8.97. The molecule has 1 aliphatic heterocycles. The Hall–Kier alpha value is -1.10. The van der Waals surface area contributed by atoms with Crippen LogP contribution in [-0.4, -0.2) is 33.2 Å². The van der Waals surface area contributed by atoms with Gasteiger partial charge in [0.05, 0.1) is 12.2 Å². The molecule has 1 aromatic rings. The second-order valence-electron chi connectivity index (χ2n) is 3.04. The zero-order valence-corrected chi connectivity index (χ0v) is 6.77. The van der Waals surface area contributed by atoms with Gasteiger partial charge in [0.15, 0.2) is 0 Å². The Morgan fingerprint density at radius 3 is 2.83 bits per heavy atom. The molecule has 5 heteroatoms. The molecule has 66 valence electrons. The molecule has 0 amide bonds. The average molecular weight is 168 g/mol. The first-order valence-corrected chi connectivity index (χ1v) is 4.18. The number of nitrogens with zero attached hydrogens (tertiary/aromatic N) is 3. The Morgan fingerprint density at radius 1 is 1.50 bits per heavy atom. The number of aromatic nitrogens is 3. The molecule has 12 heavy (non-hydrogen) atoms. The lowest BCUT2D eigenvalue weighted by Gasteiger charge is -2.21. The lowest BCUT2D eigenvalue weighted by Crippen LogP contribution is -2.29. The van der Waals surface area contributed by atoms with Gasteiger partial charge in [-0.15, -0.1) is 0 Å². The Kier molecular flexibility index (Phi) is 1.95. The van der Waals surface area contributed by atoms with Crippen LogP contribution in [0.2, 0.25) is 0 Å². The van der Waals surface area contributed by atoms with Gasteiger partial charge in [0.2, 0.25) is 0 Å². The van der Waals surface area contributed by atoms with Crippen LogP contribution in [0.15, 0.2) is 6.20 Å². The Bertz CT molecular complexity index is 254. The monoisotopic (exact) mass is 168 g/mol. The highest BCUT2D eigenvalue weighted by atomic mass is 16.3. The van der Waals surface area contributed by atoms with E-state index in [1.807, 2.05) is 0 Å². The van der Waals surface area contributed by atoms with Crippen molar-refractivity contribution >= 4 is 0 Å². The quantitative estimate of drug-likeness (QED) is 0.615. The van der Waals surface area contributed by atoms with E-state index in [-0.39, 0.29) is 5.88 Å². The van der Waals surface area contributed by atoms with Gasteiger partial charge in [0.25, 0.3) is 5.88 Å². The predicted octanol–water partition coefficient (Wildman–Crippen LogP) is -0.0918. The summed E-state index contributed by atoms with van der Waals surface area (Å²) in [5.74, 6) is 0.00790. The second-order valence-corrected chi connectivity index (χ2v) is 3.04. The van der Waals surface area contributed by atoms with Crippen LogP contribution >= 0.6 is 0 Å². The van der Waals surface area contributed by atoms with E-state index < -0.39 is 0 Å². The Balaban J connectivity index is 2.08. The van der Waals surface area contributed by atoms with Crippen molar-refractivity contribution < 1.29 is 5.11 Å². The third-order valence-electron chi connectivity index (χ3n) is 2.18. The molecule has 2 heterocycles. The summed E-state index contributed by atoms with van der Waals surface area (Å²) >= 11 is 0. The molecule has 0 spiro atoms. The van der Waals surface area contributed by atoms with E-state index in [0.29, 0.717) is 6.04 Å². The van der Waals surface area contributed by atoms with E-state index in [4.69, 9.17) is 5.11 Å². The standard InChI is InChI=1S/C7H12N4O/c12-7-5-11(10-9-7)6-1-3-8-4-2-6/h5-6,8,12H,1-4H2. The first-order chi connectivity index (χ1) is 5.86. The largest absolute Gasteiger partial charge is 0.491 e. The minimum atomic E-state index is 0.00790. The first kappa shape index (κ1) is 7.54. The number of rotatable bonds is 1. The topological polar surface area (TPSA) is 63.0 Å². The minimum absolute atomic E-state index is 0.00790. The molecule has 1 saturated heterocycles. The fraction of sp³-hybridized carbons (Fsp3) is 0.714. The normalized spacial score (nSPS) is 19.7. The molecule has 5 nitrogen and oxygen atoms in total. The lowest BCUT2D eigenvalue weighted by atomic mass is 10.1. The van der Waals surface area contributed by atoms with E-state index in [2.05, 4.69) is 15.6 Å². The molecule has 0 radical (unpaired) electrons. The van der Waals surface area contributed by atoms with E-state index in [1.54, 1.807) is 10.9 Å². The number of piperidine rings is 1. The molecule has 1 aromatic heterocycles. The van der Waals surface area contributed by atoms with Gasteiger partial charge in [0, 0.05) is 0 Å². The third-order valence-corrected chi connectivity index (χ3v) is 2.18. The van der Waals surface area contributed by atoms with Crippen molar-refractivity contribution in [3.05, 3.63) is 6.20 Å². The molecular formula is C7H12N4O. The van der Waals surface area contributed by atoms with Gasteiger partial charge in [0.1, 0.15) is 0 Å². The van der Waals surface area contributed by atoms with Crippen molar-refractivity contribution in [1.29, 1.82) is 0 Å². The molecule has 0 atom stereocenters. The molecule has 1 aliphatic rings. The SMILES string of the molecule is Oc1cn(C2CCNCC2)nn1. The van der Waals surface area contributed by atoms with E-state index in [9.17, 15) is 0 Å². The van der Waals surface area contributed by atoms with Crippen LogP contribution in [0.25, 0.3) is 0 Å². The molecule has 0 aliphatic carbocycles. The van der Waals surface area contributed by atoms with Crippen molar-refractivity contribution in [2.45, 2.75) is 18.9 Å². The summed E-state index contributed by atoms with van der Waals surface area (Å²) < 4.78 is 1.75. The highest BCUT2D eigenvalue weighted by Crippen LogP contribution is 2.17. The van der Waals surface area contributed by atoms with Crippen molar-refractivity contribution in [3.8, 4) is 5.88 Å². The van der Waals surface area contributed by atoms with Crippen molar-refractivity contribution in [2.24, 2.45) is 0 Å². The number of aromatic hydroxyl groups is 1. The van der Waals surface area contributed by atoms with E-state index >= 15 is 0 Å². The molecule has 0 aromatic carbocycles. The fourth-order valence-corrected chi connectivity index (χ4v) is 1.52. The second kappa shape index (κ2) is 3.10. The van der Waals surface area contributed by atoms with Gasteiger partial charge < -0.3 is 10.4 Å². The van der Waals surface area contributed by atoms with Crippen LogP contribution in [0.5, 0.6) is 5.88 Å². The van der Waals surface area contributed by atoms with Crippen molar-refractivity contribution in [1.82, 2.24) is 20.3 Å². The summed E-state index contributed by atoms with van der Waals surface area (Å²) in [5, 5.41) is 19.6. The van der Waals surface area contributed by atoms with Gasteiger partial charge >= 0.3 is 0 Å². The Morgan fingerprint density at radius 2 is 2.25 bits per heavy atom. The molecule has 1 fully saturated rings. The summed E-state index contributed by atoms with van der Waals surface area (Å²) in [6, 6.07) is 0.402. The van der Waals surface area contributed by atoms with Crippen LogP contribution in [-0.2, 0) is 0 Å². The summed E-state index contributed by atoms with van der Waals surface area (Å²) in [6.45, 7) is 2.04. The van der Waals surface area contributed by atoms with Crippen LogP contribution in [0, 0.1) is 0 Å². The zero-order chi connectivity index (χ0) is 8.39. The number of nitrogens with one attached hydrogen (secondary N) is 1. The van der Waals surface area contributed by atoms with E-state index in [0.717, 1.165) is 25.9 Å². The smallest absolute Gasteiger partial charge is 0.251 e. The molecule has 0 unspecified atom stereocenters. The number of hydrogen-bond donors (Lipinski definition) is 2. The maximum absolute atomic E-state index is 8.97. The highest BCUT2D eigenvalue weighted by Gasteiger charge is 2.15. The predicted molar refractivity (Wildman–Crippen MR) is 42.8 cm³/mol. The average Bonchev–Trinajstić information content (AvgIpc) is 2.54. The van der Waals surface area contributed by atoms with Crippen LogP contribution in [0.4, 0.5) is 0 Å². The van der Waals surface area contributed by atoms with Gasteiger partial charge in [-0.25, -0.2) is 4.68 Å². The molecule has 0 saturated carbocycles. The molecule has 2 rings (SSSR count). The van der Waals surface area contributed by atoms with Crippen LogP contribution in [0.3, 0.4) is 0 Å². The van der Waals surface area contributed by atoms with Crippen molar-refractivity contribution in [2.75, 3.05) is 13.1 Å². The molecule has 0 bridgehead atoms. The summed E-state index contributed by atoms with van der Waals surface area (Å²) in [4.78, 5) is 0. The van der Waals surface area contributed by atoms with Gasteiger partial charge in [-0.2, -0.15) is 0 Å². The summed E-state index contributed by atoms with van der Waals surface area (Å²) in [6.07, 6.45) is 3.70. The maximum Gasteiger partial charge on any atom is 0.251 e. The summed E-state index contributed by atoms with van der Waals surface area (Å²) in [5.41, 5.74) is 0. The van der Waals surface area contributed by atoms with Gasteiger partial charge in [-0.05, 0) is 25.9 Å². The highest BCUT2D eigenvalue weighted by molar-refractivity contribution is 4.97. The first-order valence-electron chi connectivity index (χ1n) is 4.18. The fourth-order valence-electron chi connectivity index (χ4n) is 1.52. The van der Waals surface area contributed by atoms with Gasteiger partial charge in [-0.3, -0.25) is 0 Å².